The van der Waals surface area contributed by atoms with Crippen LogP contribution >= 0.6 is 11.6 Å². The minimum absolute atomic E-state index is 0.000636. The van der Waals surface area contributed by atoms with Gasteiger partial charge in [-0.15, -0.1) is 0 Å². The van der Waals surface area contributed by atoms with Gasteiger partial charge in [0.1, 0.15) is 5.70 Å². The van der Waals surface area contributed by atoms with Crippen molar-refractivity contribution in [2.24, 2.45) is 0 Å². The standard InChI is InChI=1S/C16H12ClNO5/c1-9-5-2-3-6-10(9)18-13-12(17)15(20)23-16(13)22-14(19)11-7-4-8-21-11/h2-8,16,18H,1H3/t16-/m1/s1. The first-order valence-corrected chi connectivity index (χ1v) is 7.12. The number of hydrogen-bond donors (Lipinski definition) is 1. The van der Waals surface area contributed by atoms with Crippen LogP contribution in [0.5, 0.6) is 0 Å². The lowest BCUT2D eigenvalue weighted by atomic mass is 10.2. The molecule has 0 saturated carbocycles. The summed E-state index contributed by atoms with van der Waals surface area (Å²) in [6.45, 7) is 1.89. The SMILES string of the molecule is Cc1ccccc1NC1=C(Cl)C(=O)O[C@H]1OC(=O)c1ccco1. The Morgan fingerprint density at radius 2 is 2.04 bits per heavy atom. The molecule has 2 heterocycles. The van der Waals surface area contributed by atoms with Gasteiger partial charge in [-0.25, -0.2) is 9.59 Å². The third-order valence-corrected chi connectivity index (χ3v) is 3.57. The fourth-order valence-corrected chi connectivity index (χ4v) is 2.21. The number of anilines is 1. The van der Waals surface area contributed by atoms with Gasteiger partial charge < -0.3 is 19.2 Å². The molecule has 0 unspecified atom stereocenters. The van der Waals surface area contributed by atoms with Gasteiger partial charge in [0.15, 0.2) is 5.03 Å². The summed E-state index contributed by atoms with van der Waals surface area (Å²) < 4.78 is 15.1. The first-order valence-electron chi connectivity index (χ1n) is 6.74. The van der Waals surface area contributed by atoms with Crippen LogP contribution in [0.4, 0.5) is 5.69 Å². The number of halogens is 1. The molecule has 0 amide bonds. The van der Waals surface area contributed by atoms with Crippen LogP contribution in [0.3, 0.4) is 0 Å². The predicted molar refractivity (Wildman–Crippen MR) is 81.7 cm³/mol. The summed E-state index contributed by atoms with van der Waals surface area (Å²) in [5.41, 5.74) is 1.82. The van der Waals surface area contributed by atoms with Crippen molar-refractivity contribution in [2.45, 2.75) is 13.2 Å². The van der Waals surface area contributed by atoms with E-state index in [1.54, 1.807) is 12.1 Å². The lowest BCUT2D eigenvalue weighted by molar-refractivity contribution is -0.152. The number of rotatable bonds is 4. The Bertz CT molecular complexity index is 782. The van der Waals surface area contributed by atoms with Crippen LogP contribution in [0.15, 0.2) is 57.8 Å². The van der Waals surface area contributed by atoms with E-state index in [1.165, 1.54) is 12.3 Å². The Balaban J connectivity index is 1.82. The molecule has 1 aliphatic heterocycles. The average Bonchev–Trinajstić information content (AvgIpc) is 3.14. The highest BCUT2D eigenvalue weighted by molar-refractivity contribution is 6.42. The van der Waals surface area contributed by atoms with Crippen LogP contribution in [-0.4, -0.2) is 18.2 Å². The van der Waals surface area contributed by atoms with Gasteiger partial charge in [0.25, 0.3) is 6.29 Å². The van der Waals surface area contributed by atoms with Crippen molar-refractivity contribution in [3.63, 3.8) is 0 Å². The number of esters is 2. The van der Waals surface area contributed by atoms with Gasteiger partial charge in [-0.3, -0.25) is 0 Å². The predicted octanol–water partition coefficient (Wildman–Crippen LogP) is 3.19. The van der Waals surface area contributed by atoms with Gasteiger partial charge in [-0.05, 0) is 30.7 Å². The Morgan fingerprint density at radius 1 is 1.26 bits per heavy atom. The molecular formula is C16H12ClNO5. The highest BCUT2D eigenvalue weighted by Crippen LogP contribution is 2.29. The molecule has 23 heavy (non-hydrogen) atoms. The van der Waals surface area contributed by atoms with Crippen molar-refractivity contribution in [2.75, 3.05) is 5.32 Å². The molecule has 1 aliphatic rings. The van der Waals surface area contributed by atoms with Crippen molar-refractivity contribution >= 4 is 29.2 Å². The summed E-state index contributed by atoms with van der Waals surface area (Å²) in [4.78, 5) is 23.6. The number of aryl methyl sites for hydroxylation is 1. The number of ether oxygens (including phenoxy) is 2. The number of carbonyl (C=O) groups is 2. The molecule has 1 aromatic carbocycles. The fourth-order valence-electron chi connectivity index (χ4n) is 2.03. The maximum absolute atomic E-state index is 11.9. The second-order valence-electron chi connectivity index (χ2n) is 4.79. The van der Waals surface area contributed by atoms with Gasteiger partial charge in [0.2, 0.25) is 5.76 Å². The first kappa shape index (κ1) is 15.2. The zero-order valence-corrected chi connectivity index (χ0v) is 12.8. The lowest BCUT2D eigenvalue weighted by Gasteiger charge is -2.16. The second kappa shape index (κ2) is 6.18. The highest BCUT2D eigenvalue weighted by atomic mass is 35.5. The molecular weight excluding hydrogens is 322 g/mol. The highest BCUT2D eigenvalue weighted by Gasteiger charge is 2.37. The Kier molecular flexibility index (Phi) is 4.08. The first-order chi connectivity index (χ1) is 11.1. The molecule has 0 spiro atoms. The molecule has 0 saturated heterocycles. The van der Waals surface area contributed by atoms with E-state index in [-0.39, 0.29) is 16.5 Å². The molecule has 0 aliphatic carbocycles. The van der Waals surface area contributed by atoms with Gasteiger partial charge in [-0.1, -0.05) is 29.8 Å². The zero-order valence-electron chi connectivity index (χ0n) is 12.0. The lowest BCUT2D eigenvalue weighted by Crippen LogP contribution is -2.24. The Labute approximate surface area is 136 Å². The summed E-state index contributed by atoms with van der Waals surface area (Å²) in [6.07, 6.45) is 0.0826. The molecule has 1 aromatic heterocycles. The summed E-state index contributed by atoms with van der Waals surface area (Å²) in [6, 6.07) is 10.4. The number of benzene rings is 1. The molecule has 0 radical (unpaired) electrons. The molecule has 3 rings (SSSR count). The number of cyclic esters (lactones) is 1. The Hall–Kier alpha value is -2.73. The topological polar surface area (TPSA) is 77.8 Å². The minimum Gasteiger partial charge on any atom is -0.457 e. The van der Waals surface area contributed by atoms with Crippen molar-refractivity contribution in [1.29, 1.82) is 0 Å². The zero-order chi connectivity index (χ0) is 16.4. The molecule has 2 aromatic rings. The molecule has 118 valence electrons. The summed E-state index contributed by atoms with van der Waals surface area (Å²) in [7, 11) is 0. The van der Waals surface area contributed by atoms with E-state index in [4.69, 9.17) is 25.5 Å². The maximum atomic E-state index is 11.9. The molecule has 0 fully saturated rings. The number of hydrogen-bond acceptors (Lipinski definition) is 6. The van der Waals surface area contributed by atoms with Crippen LogP contribution in [0.1, 0.15) is 16.1 Å². The number of nitrogens with one attached hydrogen (secondary N) is 1. The summed E-state index contributed by atoms with van der Waals surface area (Å²) >= 11 is 5.96. The van der Waals surface area contributed by atoms with Crippen LogP contribution in [0.2, 0.25) is 0 Å². The largest absolute Gasteiger partial charge is 0.457 e. The average molecular weight is 334 g/mol. The summed E-state index contributed by atoms with van der Waals surface area (Å²) in [5, 5.41) is 2.82. The molecule has 1 atom stereocenters. The molecule has 7 heteroatoms. The summed E-state index contributed by atoms with van der Waals surface area (Å²) in [5.74, 6) is -1.53. The van der Waals surface area contributed by atoms with Crippen molar-refractivity contribution in [1.82, 2.24) is 0 Å². The van der Waals surface area contributed by atoms with Crippen molar-refractivity contribution in [3.8, 4) is 0 Å². The van der Waals surface area contributed by atoms with Crippen LogP contribution in [0.25, 0.3) is 0 Å². The van der Waals surface area contributed by atoms with Gasteiger partial charge in [0, 0.05) is 5.69 Å². The van der Waals surface area contributed by atoms with E-state index in [2.05, 4.69) is 5.32 Å². The molecule has 6 nitrogen and oxygen atoms in total. The van der Waals surface area contributed by atoms with Crippen LogP contribution < -0.4 is 5.32 Å². The van der Waals surface area contributed by atoms with Crippen molar-refractivity contribution in [3.05, 3.63) is 64.7 Å². The van der Waals surface area contributed by atoms with Crippen LogP contribution in [-0.2, 0) is 14.3 Å². The van der Waals surface area contributed by atoms with E-state index >= 15 is 0 Å². The molecule has 0 bridgehead atoms. The van der Waals surface area contributed by atoms with Gasteiger partial charge >= 0.3 is 11.9 Å². The maximum Gasteiger partial charge on any atom is 0.377 e. The number of para-hydroxylation sites is 1. The third kappa shape index (κ3) is 3.07. The second-order valence-corrected chi connectivity index (χ2v) is 5.17. The van der Waals surface area contributed by atoms with E-state index in [9.17, 15) is 9.59 Å². The fraction of sp³-hybridized carbons (Fsp3) is 0.125. The van der Waals surface area contributed by atoms with E-state index < -0.39 is 18.2 Å². The number of furan rings is 1. The monoisotopic (exact) mass is 333 g/mol. The quantitative estimate of drug-likeness (QED) is 0.866. The smallest absolute Gasteiger partial charge is 0.377 e. The van der Waals surface area contributed by atoms with Crippen LogP contribution in [0, 0.1) is 6.92 Å². The van der Waals surface area contributed by atoms with E-state index in [0.29, 0.717) is 0 Å². The normalized spacial score (nSPS) is 17.1. The molecule has 1 N–H and O–H groups in total. The minimum atomic E-state index is -1.26. The van der Waals surface area contributed by atoms with E-state index in [0.717, 1.165) is 11.3 Å². The Morgan fingerprint density at radius 3 is 2.74 bits per heavy atom. The number of carbonyl (C=O) groups excluding carboxylic acids is 2. The van der Waals surface area contributed by atoms with Crippen molar-refractivity contribution < 1.29 is 23.5 Å². The van der Waals surface area contributed by atoms with Gasteiger partial charge in [-0.2, -0.15) is 0 Å². The van der Waals surface area contributed by atoms with E-state index in [1.807, 2.05) is 25.1 Å². The van der Waals surface area contributed by atoms with Gasteiger partial charge in [0.05, 0.1) is 6.26 Å². The third-order valence-electron chi connectivity index (χ3n) is 3.22.